The van der Waals surface area contributed by atoms with E-state index in [-0.39, 0.29) is 18.5 Å². The van der Waals surface area contributed by atoms with Crippen molar-refractivity contribution < 1.29 is 24.3 Å². The lowest BCUT2D eigenvalue weighted by atomic mass is 9.92. The predicted octanol–water partition coefficient (Wildman–Crippen LogP) is 13.2. The summed E-state index contributed by atoms with van der Waals surface area (Å²) in [5.74, 6) is 0.596. The Hall–Kier alpha value is -1.14. The average molecular weight is 710 g/mol. The summed E-state index contributed by atoms with van der Waals surface area (Å²) in [7, 11) is 0. The Bertz CT molecular complexity index is 702. The lowest BCUT2D eigenvalue weighted by Crippen LogP contribution is -2.31. The molecule has 1 unspecified atom stereocenters. The number of hydrogen-bond acceptors (Lipinski definition) is 6. The molecule has 0 rings (SSSR count). The Morgan fingerprint density at radius 2 is 0.880 bits per heavy atom. The zero-order valence-electron chi connectivity index (χ0n) is 34.0. The number of rotatable bonds is 41. The Morgan fingerprint density at radius 1 is 0.480 bits per heavy atom. The molecular weight excluding hydrogens is 622 g/mol. The summed E-state index contributed by atoms with van der Waals surface area (Å²) in [6, 6.07) is 0. The first-order valence-electron chi connectivity index (χ1n) is 22.3. The van der Waals surface area contributed by atoms with Crippen molar-refractivity contribution in [2.45, 2.75) is 239 Å². The highest BCUT2D eigenvalue weighted by Crippen LogP contribution is 2.22. The van der Waals surface area contributed by atoms with Gasteiger partial charge in [-0.05, 0) is 31.6 Å². The molecule has 0 saturated heterocycles. The highest BCUT2D eigenvalue weighted by molar-refractivity contribution is 5.69. The van der Waals surface area contributed by atoms with Crippen LogP contribution in [0.25, 0.3) is 0 Å². The molecule has 0 amide bonds. The van der Waals surface area contributed by atoms with Crippen LogP contribution in [0.3, 0.4) is 0 Å². The minimum absolute atomic E-state index is 0.0466. The SMILES string of the molecule is CCCCCCCCCCCCCCCCCC(CC)CCCCCCCCOC(=O)CCCCCN(CCO)OC(=O)CCCCCCC. The third kappa shape index (κ3) is 36.6. The maximum Gasteiger partial charge on any atom is 0.325 e. The van der Waals surface area contributed by atoms with Crippen LogP contribution in [-0.4, -0.2) is 48.4 Å². The van der Waals surface area contributed by atoms with Crippen LogP contribution in [0.5, 0.6) is 0 Å². The standard InChI is InChI=1S/C44H87NO5/c1-4-7-9-11-12-13-14-15-16-17-18-19-20-24-28-34-42(6-3)35-29-25-21-22-26-33-41-49-43(47)36-31-27-32-38-45(39-40-46)50-44(48)37-30-23-10-8-5-2/h42,46H,4-41H2,1-3H3. The topological polar surface area (TPSA) is 76.1 Å². The number of aliphatic hydroxyl groups excluding tert-OH is 1. The van der Waals surface area contributed by atoms with Crippen molar-refractivity contribution in [2.75, 3.05) is 26.3 Å². The second-order valence-corrected chi connectivity index (χ2v) is 15.2. The number of hydrogen-bond donors (Lipinski definition) is 1. The first-order valence-corrected chi connectivity index (χ1v) is 22.3. The zero-order valence-corrected chi connectivity index (χ0v) is 34.0. The molecule has 6 nitrogen and oxygen atoms in total. The molecular formula is C44H87NO5. The van der Waals surface area contributed by atoms with E-state index in [1.807, 2.05) is 0 Å². The Balaban J connectivity index is 3.56. The molecule has 0 fully saturated rings. The molecule has 0 aromatic heterocycles. The number of nitrogens with zero attached hydrogens (tertiary/aromatic N) is 1. The summed E-state index contributed by atoms with van der Waals surface area (Å²) in [6.07, 6.45) is 41.9. The molecule has 0 aliphatic carbocycles. The summed E-state index contributed by atoms with van der Waals surface area (Å²) in [4.78, 5) is 29.6. The number of carbonyl (C=O) groups is 2. The number of aliphatic hydroxyl groups is 1. The molecule has 298 valence electrons. The molecule has 6 heteroatoms. The summed E-state index contributed by atoms with van der Waals surface area (Å²) < 4.78 is 5.45. The monoisotopic (exact) mass is 710 g/mol. The number of ether oxygens (including phenoxy) is 1. The van der Waals surface area contributed by atoms with Crippen LogP contribution in [0.4, 0.5) is 0 Å². The molecule has 0 heterocycles. The predicted molar refractivity (Wildman–Crippen MR) is 213 cm³/mol. The number of hydroxylamine groups is 2. The van der Waals surface area contributed by atoms with Gasteiger partial charge < -0.3 is 14.7 Å². The van der Waals surface area contributed by atoms with Gasteiger partial charge in [-0.2, -0.15) is 0 Å². The molecule has 0 aliphatic rings. The van der Waals surface area contributed by atoms with Crippen molar-refractivity contribution in [1.82, 2.24) is 5.06 Å². The summed E-state index contributed by atoms with van der Waals surface area (Å²) in [5, 5.41) is 10.9. The molecule has 0 spiro atoms. The summed E-state index contributed by atoms with van der Waals surface area (Å²) in [5.41, 5.74) is 0. The molecule has 0 aliphatic heterocycles. The van der Waals surface area contributed by atoms with Gasteiger partial charge in [-0.15, -0.1) is 5.06 Å². The molecule has 0 saturated carbocycles. The highest BCUT2D eigenvalue weighted by Gasteiger charge is 2.12. The van der Waals surface area contributed by atoms with Crippen LogP contribution < -0.4 is 0 Å². The average Bonchev–Trinajstić information content (AvgIpc) is 3.11. The normalized spacial score (nSPS) is 12.1. The van der Waals surface area contributed by atoms with E-state index in [9.17, 15) is 14.7 Å². The van der Waals surface area contributed by atoms with Gasteiger partial charge in [0.2, 0.25) is 0 Å². The minimum atomic E-state index is -0.218. The van der Waals surface area contributed by atoms with E-state index in [1.54, 1.807) is 5.06 Å². The van der Waals surface area contributed by atoms with E-state index >= 15 is 0 Å². The van der Waals surface area contributed by atoms with Crippen LogP contribution in [0, 0.1) is 5.92 Å². The van der Waals surface area contributed by atoms with Gasteiger partial charge in [0.25, 0.3) is 0 Å². The van der Waals surface area contributed by atoms with Crippen molar-refractivity contribution in [1.29, 1.82) is 0 Å². The second kappa shape index (κ2) is 40.6. The van der Waals surface area contributed by atoms with Gasteiger partial charge in [0.15, 0.2) is 0 Å². The first-order chi connectivity index (χ1) is 24.6. The van der Waals surface area contributed by atoms with Crippen molar-refractivity contribution in [3.8, 4) is 0 Å². The molecule has 0 bridgehead atoms. The number of carbonyl (C=O) groups excluding carboxylic acids is 2. The fourth-order valence-corrected chi connectivity index (χ4v) is 6.97. The fourth-order valence-electron chi connectivity index (χ4n) is 6.97. The van der Waals surface area contributed by atoms with Crippen LogP contribution in [0.1, 0.15) is 239 Å². The largest absolute Gasteiger partial charge is 0.466 e. The summed E-state index contributed by atoms with van der Waals surface area (Å²) >= 11 is 0. The zero-order chi connectivity index (χ0) is 36.6. The van der Waals surface area contributed by atoms with Crippen LogP contribution in [-0.2, 0) is 19.2 Å². The molecule has 0 aromatic carbocycles. The van der Waals surface area contributed by atoms with Crippen molar-refractivity contribution in [2.24, 2.45) is 5.92 Å². The van der Waals surface area contributed by atoms with Gasteiger partial charge in [-0.3, -0.25) is 9.59 Å². The first kappa shape index (κ1) is 48.9. The smallest absolute Gasteiger partial charge is 0.325 e. The molecule has 1 N–H and O–H groups in total. The van der Waals surface area contributed by atoms with Crippen molar-refractivity contribution in [3.63, 3.8) is 0 Å². The summed E-state index contributed by atoms with van der Waals surface area (Å²) in [6.45, 7) is 8.24. The lowest BCUT2D eigenvalue weighted by Gasteiger charge is -2.20. The Kier molecular flexibility index (Phi) is 39.7. The van der Waals surface area contributed by atoms with E-state index in [2.05, 4.69) is 20.8 Å². The molecule has 50 heavy (non-hydrogen) atoms. The van der Waals surface area contributed by atoms with Crippen molar-refractivity contribution in [3.05, 3.63) is 0 Å². The quantitative estimate of drug-likeness (QED) is 0.0387. The van der Waals surface area contributed by atoms with Gasteiger partial charge in [0.05, 0.1) is 19.8 Å². The van der Waals surface area contributed by atoms with Gasteiger partial charge >= 0.3 is 11.9 Å². The van der Waals surface area contributed by atoms with Gasteiger partial charge in [-0.25, -0.2) is 0 Å². The van der Waals surface area contributed by atoms with Crippen LogP contribution in [0.15, 0.2) is 0 Å². The Labute approximate surface area is 311 Å². The number of esters is 1. The van der Waals surface area contributed by atoms with Gasteiger partial charge in [0, 0.05) is 19.4 Å². The molecule has 0 aromatic rings. The Morgan fingerprint density at radius 3 is 1.34 bits per heavy atom. The third-order valence-corrected chi connectivity index (χ3v) is 10.4. The second-order valence-electron chi connectivity index (χ2n) is 15.2. The fraction of sp³-hybridized carbons (Fsp3) is 0.955. The number of unbranched alkanes of at least 4 members (excludes halogenated alkanes) is 25. The van der Waals surface area contributed by atoms with E-state index in [4.69, 9.17) is 9.57 Å². The highest BCUT2D eigenvalue weighted by atomic mass is 16.7. The van der Waals surface area contributed by atoms with Crippen LogP contribution in [0.2, 0.25) is 0 Å². The maximum absolute atomic E-state index is 12.1. The lowest BCUT2D eigenvalue weighted by molar-refractivity contribution is -0.192. The van der Waals surface area contributed by atoms with Crippen LogP contribution >= 0.6 is 0 Å². The van der Waals surface area contributed by atoms with Crippen molar-refractivity contribution >= 4 is 11.9 Å². The van der Waals surface area contributed by atoms with E-state index in [0.29, 0.717) is 32.5 Å². The third-order valence-electron chi connectivity index (χ3n) is 10.4. The maximum atomic E-state index is 12.1. The van der Waals surface area contributed by atoms with Gasteiger partial charge in [-0.1, -0.05) is 201 Å². The van der Waals surface area contributed by atoms with E-state index < -0.39 is 0 Å². The minimum Gasteiger partial charge on any atom is -0.466 e. The van der Waals surface area contributed by atoms with E-state index in [1.165, 1.54) is 154 Å². The van der Waals surface area contributed by atoms with E-state index in [0.717, 1.165) is 57.3 Å². The molecule has 1 atom stereocenters. The van der Waals surface area contributed by atoms with Gasteiger partial charge in [0.1, 0.15) is 0 Å². The molecule has 0 radical (unpaired) electrons.